The highest BCUT2D eigenvalue weighted by atomic mass is 35.5. The molecular formula is C20H18ClN3O2. The fourth-order valence-corrected chi connectivity index (χ4v) is 2.69. The molecule has 0 spiro atoms. The van der Waals surface area contributed by atoms with Crippen molar-refractivity contribution in [3.63, 3.8) is 0 Å². The quantitative estimate of drug-likeness (QED) is 0.663. The Morgan fingerprint density at radius 2 is 1.96 bits per heavy atom. The molecule has 2 aromatic carbocycles. The Kier molecular flexibility index (Phi) is 5.71. The van der Waals surface area contributed by atoms with E-state index in [1.165, 1.54) is 6.08 Å². The van der Waals surface area contributed by atoms with Gasteiger partial charge in [-0.15, -0.1) is 0 Å². The monoisotopic (exact) mass is 367 g/mol. The molecule has 3 aromatic rings. The Morgan fingerprint density at radius 3 is 2.77 bits per heavy atom. The van der Waals surface area contributed by atoms with E-state index in [-0.39, 0.29) is 5.91 Å². The van der Waals surface area contributed by atoms with Crippen molar-refractivity contribution in [2.45, 2.75) is 6.54 Å². The van der Waals surface area contributed by atoms with Crippen molar-refractivity contribution in [1.29, 1.82) is 0 Å². The second-order valence-electron chi connectivity index (χ2n) is 5.53. The standard InChI is InChI=1S/C20H18ClN3O2/c1-26-18-9-5-3-6-15(18)10-11-20(25)23-19-12-13-22-24(19)14-16-7-2-4-8-17(16)21/h2-13H,14H2,1H3,(H,23,25)/b11-10+. The summed E-state index contributed by atoms with van der Waals surface area (Å²) >= 11 is 6.19. The predicted octanol–water partition coefficient (Wildman–Crippen LogP) is 4.25. The predicted molar refractivity (Wildman–Crippen MR) is 103 cm³/mol. The third kappa shape index (κ3) is 4.32. The maximum Gasteiger partial charge on any atom is 0.249 e. The molecule has 1 aromatic heterocycles. The summed E-state index contributed by atoms with van der Waals surface area (Å²) in [6, 6.07) is 16.8. The Morgan fingerprint density at radius 1 is 1.19 bits per heavy atom. The molecule has 0 aliphatic heterocycles. The van der Waals surface area contributed by atoms with Crippen LogP contribution in [0.5, 0.6) is 5.75 Å². The first-order valence-electron chi connectivity index (χ1n) is 8.04. The van der Waals surface area contributed by atoms with Crippen LogP contribution in [0.1, 0.15) is 11.1 Å². The molecule has 0 aliphatic carbocycles. The van der Waals surface area contributed by atoms with Crippen LogP contribution >= 0.6 is 11.6 Å². The average Bonchev–Trinajstić information content (AvgIpc) is 3.08. The van der Waals surface area contributed by atoms with Crippen molar-refractivity contribution in [2.24, 2.45) is 0 Å². The van der Waals surface area contributed by atoms with Crippen molar-refractivity contribution >= 4 is 29.4 Å². The van der Waals surface area contributed by atoms with Gasteiger partial charge in [0.05, 0.1) is 19.9 Å². The number of hydrogen-bond acceptors (Lipinski definition) is 3. The van der Waals surface area contributed by atoms with Crippen LogP contribution in [0.4, 0.5) is 5.82 Å². The maximum atomic E-state index is 12.2. The number of halogens is 1. The summed E-state index contributed by atoms with van der Waals surface area (Å²) in [7, 11) is 1.60. The molecule has 1 amide bonds. The van der Waals surface area contributed by atoms with Gasteiger partial charge in [0.1, 0.15) is 11.6 Å². The molecule has 6 heteroatoms. The van der Waals surface area contributed by atoms with Crippen LogP contribution < -0.4 is 10.1 Å². The summed E-state index contributed by atoms with van der Waals surface area (Å²) in [5, 5.41) is 7.74. The lowest BCUT2D eigenvalue weighted by atomic mass is 10.2. The minimum absolute atomic E-state index is 0.253. The lowest BCUT2D eigenvalue weighted by molar-refractivity contribution is -0.111. The molecule has 0 unspecified atom stereocenters. The largest absolute Gasteiger partial charge is 0.496 e. The third-order valence-corrected chi connectivity index (χ3v) is 4.17. The van der Waals surface area contributed by atoms with Gasteiger partial charge in [-0.05, 0) is 23.8 Å². The van der Waals surface area contributed by atoms with Crippen LogP contribution in [0, 0.1) is 0 Å². The van der Waals surface area contributed by atoms with Gasteiger partial charge in [0.25, 0.3) is 0 Å². The summed E-state index contributed by atoms with van der Waals surface area (Å²) < 4.78 is 6.96. The second-order valence-corrected chi connectivity index (χ2v) is 5.94. The number of rotatable bonds is 6. The molecule has 5 nitrogen and oxygen atoms in total. The van der Waals surface area contributed by atoms with E-state index in [2.05, 4.69) is 10.4 Å². The summed E-state index contributed by atoms with van der Waals surface area (Å²) in [4.78, 5) is 12.2. The fraction of sp³-hybridized carbons (Fsp3) is 0.100. The van der Waals surface area contributed by atoms with Crippen LogP contribution in [-0.4, -0.2) is 22.8 Å². The number of ether oxygens (including phenoxy) is 1. The minimum Gasteiger partial charge on any atom is -0.496 e. The van der Waals surface area contributed by atoms with Gasteiger partial charge in [0.15, 0.2) is 0 Å². The van der Waals surface area contributed by atoms with E-state index >= 15 is 0 Å². The number of nitrogens with one attached hydrogen (secondary N) is 1. The molecule has 0 aliphatic rings. The van der Waals surface area contributed by atoms with Crippen molar-refractivity contribution in [3.05, 3.63) is 83.0 Å². The Balaban J connectivity index is 1.70. The van der Waals surface area contributed by atoms with E-state index in [4.69, 9.17) is 16.3 Å². The van der Waals surface area contributed by atoms with Gasteiger partial charge in [0, 0.05) is 22.7 Å². The molecule has 26 heavy (non-hydrogen) atoms. The number of nitrogens with zero attached hydrogens (tertiary/aromatic N) is 2. The summed E-state index contributed by atoms with van der Waals surface area (Å²) in [5.74, 6) is 1.05. The van der Waals surface area contributed by atoms with Gasteiger partial charge in [-0.1, -0.05) is 48.0 Å². The van der Waals surface area contributed by atoms with Crippen LogP contribution in [-0.2, 0) is 11.3 Å². The van der Waals surface area contributed by atoms with E-state index < -0.39 is 0 Å². The number of para-hydroxylation sites is 1. The van der Waals surface area contributed by atoms with Gasteiger partial charge in [-0.25, -0.2) is 4.68 Å². The number of carbonyl (C=O) groups excluding carboxylic acids is 1. The Labute approximate surface area is 156 Å². The second kappa shape index (κ2) is 8.36. The lowest BCUT2D eigenvalue weighted by Crippen LogP contribution is -2.14. The normalized spacial score (nSPS) is 10.8. The van der Waals surface area contributed by atoms with Gasteiger partial charge in [0.2, 0.25) is 5.91 Å². The lowest BCUT2D eigenvalue weighted by Gasteiger charge is -2.09. The van der Waals surface area contributed by atoms with Crippen LogP contribution in [0.25, 0.3) is 6.08 Å². The van der Waals surface area contributed by atoms with E-state index in [1.54, 1.807) is 30.1 Å². The highest BCUT2D eigenvalue weighted by Crippen LogP contribution is 2.20. The molecule has 0 radical (unpaired) electrons. The summed E-state index contributed by atoms with van der Waals surface area (Å²) in [6.07, 6.45) is 4.81. The van der Waals surface area contributed by atoms with Crippen LogP contribution in [0.2, 0.25) is 5.02 Å². The third-order valence-electron chi connectivity index (χ3n) is 3.80. The van der Waals surface area contributed by atoms with Gasteiger partial charge >= 0.3 is 0 Å². The first-order valence-corrected chi connectivity index (χ1v) is 8.42. The molecular weight excluding hydrogens is 350 g/mol. The number of carbonyl (C=O) groups is 1. The van der Waals surface area contributed by atoms with E-state index in [0.29, 0.717) is 23.1 Å². The van der Waals surface area contributed by atoms with Gasteiger partial charge < -0.3 is 10.1 Å². The van der Waals surface area contributed by atoms with Gasteiger partial charge in [-0.2, -0.15) is 5.10 Å². The van der Waals surface area contributed by atoms with Crippen molar-refractivity contribution in [3.8, 4) is 5.75 Å². The number of hydrogen-bond donors (Lipinski definition) is 1. The molecule has 0 saturated carbocycles. The molecule has 3 rings (SSSR count). The first-order chi connectivity index (χ1) is 12.7. The first kappa shape index (κ1) is 17.8. The molecule has 1 heterocycles. The number of benzene rings is 2. The van der Waals surface area contributed by atoms with E-state index in [0.717, 1.165) is 11.1 Å². The van der Waals surface area contributed by atoms with E-state index in [1.807, 2.05) is 48.5 Å². The minimum atomic E-state index is -0.253. The molecule has 1 N–H and O–H groups in total. The van der Waals surface area contributed by atoms with E-state index in [9.17, 15) is 4.79 Å². The number of anilines is 1. The number of aromatic nitrogens is 2. The molecule has 0 atom stereocenters. The topological polar surface area (TPSA) is 56.1 Å². The van der Waals surface area contributed by atoms with Crippen molar-refractivity contribution in [2.75, 3.05) is 12.4 Å². The summed E-state index contributed by atoms with van der Waals surface area (Å²) in [5.41, 5.74) is 1.76. The Bertz CT molecular complexity index is 934. The smallest absolute Gasteiger partial charge is 0.249 e. The zero-order chi connectivity index (χ0) is 18.4. The molecule has 132 valence electrons. The maximum absolute atomic E-state index is 12.2. The highest BCUT2D eigenvalue weighted by molar-refractivity contribution is 6.31. The van der Waals surface area contributed by atoms with Crippen LogP contribution in [0.15, 0.2) is 66.9 Å². The highest BCUT2D eigenvalue weighted by Gasteiger charge is 2.08. The zero-order valence-corrected chi connectivity index (χ0v) is 15.0. The number of amides is 1. The summed E-state index contributed by atoms with van der Waals surface area (Å²) in [6.45, 7) is 0.471. The average molecular weight is 368 g/mol. The fourth-order valence-electron chi connectivity index (χ4n) is 2.49. The van der Waals surface area contributed by atoms with Crippen molar-refractivity contribution < 1.29 is 9.53 Å². The molecule has 0 fully saturated rings. The molecule has 0 bridgehead atoms. The number of methoxy groups -OCH3 is 1. The Hall–Kier alpha value is -3.05. The van der Waals surface area contributed by atoms with Crippen LogP contribution in [0.3, 0.4) is 0 Å². The molecule has 0 saturated heterocycles. The SMILES string of the molecule is COc1ccccc1/C=C/C(=O)Nc1ccnn1Cc1ccccc1Cl. The van der Waals surface area contributed by atoms with Crippen molar-refractivity contribution in [1.82, 2.24) is 9.78 Å². The van der Waals surface area contributed by atoms with Gasteiger partial charge in [-0.3, -0.25) is 4.79 Å². The zero-order valence-electron chi connectivity index (χ0n) is 14.2.